The highest BCUT2D eigenvalue weighted by Crippen LogP contribution is 2.44. The maximum atomic E-state index is 9.72. The molecule has 0 N–H and O–H groups in total. The predicted molar refractivity (Wildman–Crippen MR) is 206 cm³/mol. The van der Waals surface area contributed by atoms with Crippen LogP contribution in [0.4, 0.5) is 0 Å². The van der Waals surface area contributed by atoms with Crippen LogP contribution < -0.4 is 0 Å². The molecule has 0 saturated heterocycles. The van der Waals surface area contributed by atoms with Crippen LogP contribution >= 0.6 is 0 Å². The second-order valence-electron chi connectivity index (χ2n) is 13.0. The first-order valence-corrected chi connectivity index (χ1v) is 16.9. The molecule has 0 aliphatic heterocycles. The van der Waals surface area contributed by atoms with Crippen molar-refractivity contribution in [1.82, 2.24) is 9.55 Å². The zero-order valence-electron chi connectivity index (χ0n) is 27.1. The molecule has 0 saturated carbocycles. The average Bonchev–Trinajstić information content (AvgIpc) is 3.87. The van der Waals surface area contributed by atoms with E-state index < -0.39 is 0 Å². The SMILES string of the molecule is N#Cc1ccc2c3ccc(-c4cccc(-c5nc6ccc7oc8ccccc8c7c6c6oc7ccccc7c56)c4)cc3n(-c3ccccc3)c2c1. The van der Waals surface area contributed by atoms with Crippen molar-refractivity contribution >= 4 is 76.6 Å². The van der Waals surface area contributed by atoms with Crippen molar-refractivity contribution < 1.29 is 8.83 Å². The number of fused-ring (bicyclic) bond motifs is 12. The molecule has 0 atom stereocenters. The molecule has 0 bridgehead atoms. The van der Waals surface area contributed by atoms with Gasteiger partial charge in [-0.15, -0.1) is 0 Å². The van der Waals surface area contributed by atoms with Crippen LogP contribution in [-0.4, -0.2) is 9.55 Å². The Morgan fingerprint density at radius 2 is 1.18 bits per heavy atom. The summed E-state index contributed by atoms with van der Waals surface area (Å²) in [7, 11) is 0. The minimum Gasteiger partial charge on any atom is -0.456 e. The Morgan fingerprint density at radius 1 is 0.490 bits per heavy atom. The fourth-order valence-electron chi connectivity index (χ4n) is 7.94. The van der Waals surface area contributed by atoms with Crippen molar-refractivity contribution in [2.45, 2.75) is 0 Å². The lowest BCUT2D eigenvalue weighted by atomic mass is 9.97. The Kier molecular flexibility index (Phi) is 5.67. The van der Waals surface area contributed by atoms with Gasteiger partial charge in [0.1, 0.15) is 22.3 Å². The van der Waals surface area contributed by atoms with Gasteiger partial charge in [-0.05, 0) is 71.8 Å². The second-order valence-corrected chi connectivity index (χ2v) is 13.0. The molecule has 4 aromatic heterocycles. The number of nitriles is 1. The van der Waals surface area contributed by atoms with Crippen molar-refractivity contribution in [2.75, 3.05) is 0 Å². The molecule has 236 valence electrons. The molecule has 5 heteroatoms. The summed E-state index contributed by atoms with van der Waals surface area (Å²) in [6.07, 6.45) is 0. The third kappa shape index (κ3) is 3.99. The third-order valence-corrected chi connectivity index (χ3v) is 10.2. The number of pyridine rings is 1. The molecule has 0 spiro atoms. The third-order valence-electron chi connectivity index (χ3n) is 10.2. The summed E-state index contributed by atoms with van der Waals surface area (Å²) in [6.45, 7) is 0. The molecule has 51 heavy (non-hydrogen) atoms. The van der Waals surface area contributed by atoms with Crippen LogP contribution in [0.3, 0.4) is 0 Å². The molecule has 0 radical (unpaired) electrons. The summed E-state index contributed by atoms with van der Waals surface area (Å²) < 4.78 is 15.2. The Morgan fingerprint density at radius 3 is 2.00 bits per heavy atom. The van der Waals surface area contributed by atoms with Gasteiger partial charge < -0.3 is 13.4 Å². The lowest BCUT2D eigenvalue weighted by Gasteiger charge is -2.11. The topological polar surface area (TPSA) is 67.9 Å². The number of hydrogen-bond acceptors (Lipinski definition) is 4. The standard InChI is InChI=1S/C46H25N3O2/c47-26-27-17-19-32-33-20-18-29(25-38(33)49(37(32)23-27)31-11-2-1-3-12-31)28-9-8-10-30(24-28)45-43-35-14-5-7-16-40(35)51-46(43)44-36(48-45)21-22-41-42(44)34-13-4-6-15-39(34)50-41/h1-25H. The summed E-state index contributed by atoms with van der Waals surface area (Å²) >= 11 is 0. The molecule has 0 unspecified atom stereocenters. The zero-order valence-corrected chi connectivity index (χ0v) is 27.1. The number of aromatic nitrogens is 2. The largest absolute Gasteiger partial charge is 0.456 e. The summed E-state index contributed by atoms with van der Waals surface area (Å²) in [5.74, 6) is 0. The molecule has 0 fully saturated rings. The summed E-state index contributed by atoms with van der Waals surface area (Å²) in [5, 5.41) is 17.0. The lowest BCUT2D eigenvalue weighted by Crippen LogP contribution is -1.94. The molecular weight excluding hydrogens is 627 g/mol. The van der Waals surface area contributed by atoms with E-state index in [1.54, 1.807) is 0 Å². The van der Waals surface area contributed by atoms with Crippen LogP contribution in [0.2, 0.25) is 0 Å². The zero-order chi connectivity index (χ0) is 33.6. The average molecular weight is 652 g/mol. The highest BCUT2D eigenvalue weighted by molar-refractivity contribution is 6.29. The minimum absolute atomic E-state index is 0.637. The van der Waals surface area contributed by atoms with Crippen molar-refractivity contribution in [1.29, 1.82) is 5.26 Å². The maximum Gasteiger partial charge on any atom is 0.147 e. The first kappa shape index (κ1) is 27.8. The molecule has 11 aromatic rings. The second kappa shape index (κ2) is 10.4. The van der Waals surface area contributed by atoms with Gasteiger partial charge in [-0.1, -0.05) is 91.0 Å². The molecule has 5 nitrogen and oxygen atoms in total. The van der Waals surface area contributed by atoms with E-state index in [4.69, 9.17) is 13.8 Å². The van der Waals surface area contributed by atoms with Crippen LogP contribution in [-0.2, 0) is 0 Å². The van der Waals surface area contributed by atoms with Crippen molar-refractivity contribution in [2.24, 2.45) is 0 Å². The van der Waals surface area contributed by atoms with Gasteiger partial charge in [0.25, 0.3) is 0 Å². The molecular formula is C46H25N3O2. The van der Waals surface area contributed by atoms with Crippen molar-refractivity contribution in [3.05, 3.63) is 157 Å². The monoisotopic (exact) mass is 651 g/mol. The Labute approximate surface area is 290 Å². The highest BCUT2D eigenvalue weighted by atomic mass is 16.3. The number of para-hydroxylation sites is 3. The normalized spacial score (nSPS) is 11.9. The van der Waals surface area contributed by atoms with Crippen molar-refractivity contribution in [3.63, 3.8) is 0 Å². The summed E-state index contributed by atoms with van der Waals surface area (Å²) in [5.41, 5.74) is 12.0. The number of rotatable bonds is 3. The molecule has 7 aromatic carbocycles. The van der Waals surface area contributed by atoms with E-state index in [9.17, 15) is 5.26 Å². The van der Waals surface area contributed by atoms with Gasteiger partial charge in [-0.25, -0.2) is 4.98 Å². The fraction of sp³-hybridized carbons (Fsp3) is 0. The molecule has 0 aliphatic rings. The van der Waals surface area contributed by atoms with E-state index in [2.05, 4.69) is 89.5 Å². The molecule has 0 amide bonds. The van der Waals surface area contributed by atoms with Gasteiger partial charge in [-0.2, -0.15) is 5.26 Å². The number of benzene rings is 7. The van der Waals surface area contributed by atoms with E-state index in [0.717, 1.165) is 105 Å². The number of nitrogens with zero attached hydrogens (tertiary/aromatic N) is 3. The molecule has 11 rings (SSSR count). The Balaban J connectivity index is 1.16. The Bertz CT molecular complexity index is 3270. The van der Waals surface area contributed by atoms with Gasteiger partial charge in [0.2, 0.25) is 0 Å². The minimum atomic E-state index is 0.637. The van der Waals surface area contributed by atoms with Crippen molar-refractivity contribution in [3.8, 4) is 34.1 Å². The van der Waals surface area contributed by atoms with E-state index >= 15 is 0 Å². The molecule has 4 heterocycles. The maximum absolute atomic E-state index is 9.72. The van der Waals surface area contributed by atoms with Crippen LogP contribution in [0.1, 0.15) is 5.56 Å². The van der Waals surface area contributed by atoms with Crippen LogP contribution in [0.5, 0.6) is 0 Å². The first-order valence-electron chi connectivity index (χ1n) is 16.9. The number of furan rings is 2. The summed E-state index contributed by atoms with van der Waals surface area (Å²) in [4.78, 5) is 5.38. The number of hydrogen-bond donors (Lipinski definition) is 0. The van der Waals surface area contributed by atoms with Gasteiger partial charge in [0.05, 0.1) is 44.6 Å². The van der Waals surface area contributed by atoms with Gasteiger partial charge in [0, 0.05) is 38.2 Å². The van der Waals surface area contributed by atoms with E-state index in [0.29, 0.717) is 5.56 Å². The van der Waals surface area contributed by atoms with Crippen LogP contribution in [0, 0.1) is 11.3 Å². The van der Waals surface area contributed by atoms with Gasteiger partial charge in [0.15, 0.2) is 0 Å². The van der Waals surface area contributed by atoms with E-state index in [1.807, 2.05) is 72.8 Å². The lowest BCUT2D eigenvalue weighted by molar-refractivity contribution is 0.667. The predicted octanol–water partition coefficient (Wildman–Crippen LogP) is 12.3. The van der Waals surface area contributed by atoms with Crippen LogP contribution in [0.15, 0.2) is 160 Å². The van der Waals surface area contributed by atoms with E-state index in [-0.39, 0.29) is 0 Å². The Hall–Kier alpha value is -7.16. The highest BCUT2D eigenvalue weighted by Gasteiger charge is 2.22. The van der Waals surface area contributed by atoms with Crippen LogP contribution in [0.25, 0.3) is 105 Å². The fourth-order valence-corrected chi connectivity index (χ4v) is 7.94. The van der Waals surface area contributed by atoms with E-state index in [1.165, 1.54) is 0 Å². The first-order chi connectivity index (χ1) is 25.2. The van der Waals surface area contributed by atoms with Gasteiger partial charge >= 0.3 is 0 Å². The quantitative estimate of drug-likeness (QED) is 0.191. The van der Waals surface area contributed by atoms with Gasteiger partial charge in [-0.3, -0.25) is 0 Å². The smallest absolute Gasteiger partial charge is 0.147 e. The summed E-state index contributed by atoms with van der Waals surface area (Å²) in [6, 6.07) is 54.2. The molecule has 0 aliphatic carbocycles.